The molecule has 134 valence electrons. The van der Waals surface area contributed by atoms with Crippen molar-refractivity contribution in [2.45, 2.75) is 12.8 Å². The van der Waals surface area contributed by atoms with Gasteiger partial charge in [-0.15, -0.1) is 11.3 Å². The Morgan fingerprint density at radius 2 is 1.59 bits per heavy atom. The zero-order valence-electron chi connectivity index (χ0n) is 14.5. The van der Waals surface area contributed by atoms with E-state index in [1.807, 2.05) is 60.7 Å². The highest BCUT2D eigenvalue weighted by atomic mass is 32.1. The molecule has 0 atom stereocenters. The van der Waals surface area contributed by atoms with E-state index in [2.05, 4.69) is 9.97 Å². The Labute approximate surface area is 159 Å². The Bertz CT molecular complexity index is 1140. The molecule has 0 spiro atoms. The highest BCUT2D eigenvalue weighted by Gasteiger charge is 2.23. The van der Waals surface area contributed by atoms with E-state index in [-0.39, 0.29) is 16.4 Å². The van der Waals surface area contributed by atoms with Crippen LogP contribution in [0, 0.1) is 6.92 Å². The van der Waals surface area contributed by atoms with Gasteiger partial charge in [0.25, 0.3) is 5.56 Å². The molecule has 0 bridgehead atoms. The molecule has 0 aliphatic carbocycles. The molecule has 0 aliphatic rings. The van der Waals surface area contributed by atoms with Crippen molar-refractivity contribution in [1.82, 2.24) is 9.97 Å². The van der Waals surface area contributed by atoms with Gasteiger partial charge in [-0.2, -0.15) is 0 Å². The van der Waals surface area contributed by atoms with E-state index in [9.17, 15) is 14.7 Å². The Hall–Kier alpha value is -3.25. The maximum absolute atomic E-state index is 12.7. The van der Waals surface area contributed by atoms with Gasteiger partial charge in [0.1, 0.15) is 15.5 Å². The van der Waals surface area contributed by atoms with Crippen LogP contribution in [-0.2, 0) is 0 Å². The third-order valence-electron chi connectivity index (χ3n) is 4.55. The predicted molar refractivity (Wildman–Crippen MR) is 106 cm³/mol. The normalized spacial score (nSPS) is 11.2. The number of benzene rings is 2. The smallest absolute Gasteiger partial charge is 0.346 e. The number of carboxylic acids is 1. The summed E-state index contributed by atoms with van der Waals surface area (Å²) < 4.78 is 0. The molecular weight excluding hydrogens is 360 g/mol. The average Bonchev–Trinajstić information content (AvgIpc) is 3.01. The van der Waals surface area contributed by atoms with Crippen LogP contribution in [0.4, 0.5) is 0 Å². The van der Waals surface area contributed by atoms with Crippen LogP contribution in [0.2, 0.25) is 0 Å². The molecule has 2 heterocycles. The van der Waals surface area contributed by atoms with Gasteiger partial charge in [0.05, 0.1) is 11.3 Å². The number of carbonyl (C=O) groups is 1. The fourth-order valence-corrected chi connectivity index (χ4v) is 4.33. The molecule has 0 radical (unpaired) electrons. The van der Waals surface area contributed by atoms with Crippen LogP contribution in [0.3, 0.4) is 0 Å². The van der Waals surface area contributed by atoms with E-state index in [0.717, 1.165) is 22.5 Å². The minimum Gasteiger partial charge on any atom is -0.477 e. The zero-order valence-corrected chi connectivity index (χ0v) is 15.3. The van der Waals surface area contributed by atoms with Crippen molar-refractivity contribution in [2.24, 2.45) is 0 Å². The highest BCUT2D eigenvalue weighted by Crippen LogP contribution is 2.32. The van der Waals surface area contributed by atoms with Gasteiger partial charge in [0.15, 0.2) is 0 Å². The molecule has 0 unspecified atom stereocenters. The monoisotopic (exact) mass is 376 g/mol. The van der Waals surface area contributed by atoms with Crippen LogP contribution in [-0.4, -0.2) is 21.0 Å². The van der Waals surface area contributed by atoms with Gasteiger partial charge in [-0.05, 0) is 23.6 Å². The molecule has 2 N–H and O–H groups in total. The number of aromatic amines is 1. The van der Waals surface area contributed by atoms with Crippen molar-refractivity contribution in [2.75, 3.05) is 0 Å². The van der Waals surface area contributed by atoms with Crippen molar-refractivity contribution >= 4 is 27.5 Å². The summed E-state index contributed by atoms with van der Waals surface area (Å²) in [5.41, 5.74) is 2.14. The quantitative estimate of drug-likeness (QED) is 0.560. The average molecular weight is 376 g/mol. The first-order valence-corrected chi connectivity index (χ1v) is 9.24. The Morgan fingerprint density at radius 1 is 1.04 bits per heavy atom. The van der Waals surface area contributed by atoms with Crippen molar-refractivity contribution < 1.29 is 9.90 Å². The third-order valence-corrected chi connectivity index (χ3v) is 5.73. The number of hydrogen-bond donors (Lipinski definition) is 2. The number of aromatic nitrogens is 2. The molecular formula is C21H16N2O3S. The minimum absolute atomic E-state index is 0.149. The number of thiophene rings is 1. The molecule has 27 heavy (non-hydrogen) atoms. The highest BCUT2D eigenvalue weighted by molar-refractivity contribution is 7.20. The van der Waals surface area contributed by atoms with Gasteiger partial charge in [-0.3, -0.25) is 4.79 Å². The minimum atomic E-state index is -1.04. The van der Waals surface area contributed by atoms with E-state index in [0.29, 0.717) is 21.6 Å². The van der Waals surface area contributed by atoms with Gasteiger partial charge in [-0.25, -0.2) is 9.78 Å². The van der Waals surface area contributed by atoms with Crippen molar-refractivity contribution in [3.8, 4) is 0 Å². The second-order valence-electron chi connectivity index (χ2n) is 6.25. The molecule has 2 aromatic heterocycles. The van der Waals surface area contributed by atoms with Gasteiger partial charge in [0.2, 0.25) is 0 Å². The molecule has 5 nitrogen and oxygen atoms in total. The lowest BCUT2D eigenvalue weighted by Gasteiger charge is -2.17. The Morgan fingerprint density at radius 3 is 2.11 bits per heavy atom. The Kier molecular flexibility index (Phi) is 4.33. The summed E-state index contributed by atoms with van der Waals surface area (Å²) in [5.74, 6) is -0.789. The SMILES string of the molecule is Cc1c(C(=O)O)sc2nc(C(c3ccccc3)c3ccccc3)[nH]c(=O)c12. The number of aryl methyl sites for hydroxylation is 1. The predicted octanol–water partition coefficient (Wildman–Crippen LogP) is 4.17. The van der Waals surface area contributed by atoms with Crippen LogP contribution in [0.25, 0.3) is 10.2 Å². The first-order valence-electron chi connectivity index (χ1n) is 8.42. The lowest BCUT2D eigenvalue weighted by molar-refractivity contribution is 0.0701. The van der Waals surface area contributed by atoms with Crippen molar-refractivity contribution in [3.63, 3.8) is 0 Å². The first kappa shape index (κ1) is 17.2. The summed E-state index contributed by atoms with van der Waals surface area (Å²) in [6.07, 6.45) is 0. The van der Waals surface area contributed by atoms with E-state index in [4.69, 9.17) is 0 Å². The summed E-state index contributed by atoms with van der Waals surface area (Å²) >= 11 is 1.04. The van der Waals surface area contributed by atoms with E-state index in [1.54, 1.807) is 6.92 Å². The molecule has 0 aliphatic heterocycles. The summed E-state index contributed by atoms with van der Waals surface area (Å²) in [5, 5.41) is 9.71. The maximum atomic E-state index is 12.7. The number of aromatic carboxylic acids is 1. The van der Waals surface area contributed by atoms with E-state index >= 15 is 0 Å². The number of nitrogens with one attached hydrogen (secondary N) is 1. The fraction of sp³-hybridized carbons (Fsp3) is 0.0952. The zero-order chi connectivity index (χ0) is 19.0. The number of rotatable bonds is 4. The van der Waals surface area contributed by atoms with Crippen LogP contribution in [0.1, 0.15) is 38.1 Å². The van der Waals surface area contributed by atoms with Crippen molar-refractivity contribution in [3.05, 3.63) is 98.4 Å². The molecule has 4 aromatic rings. The topological polar surface area (TPSA) is 83.0 Å². The standard InChI is InChI=1S/C21H16N2O3S/c1-12-15-19(24)22-18(23-20(15)27-17(12)21(25)26)16(13-8-4-2-5-9-13)14-10-6-3-7-11-14/h2-11,16H,1H3,(H,25,26)(H,22,23,24). The molecule has 0 saturated carbocycles. The van der Waals surface area contributed by atoms with Crippen LogP contribution in [0.15, 0.2) is 65.5 Å². The molecule has 6 heteroatoms. The fourth-order valence-electron chi connectivity index (χ4n) is 3.30. The van der Waals surface area contributed by atoms with Crippen LogP contribution >= 0.6 is 11.3 Å². The molecule has 2 aromatic carbocycles. The van der Waals surface area contributed by atoms with Gasteiger partial charge in [-0.1, -0.05) is 60.7 Å². The summed E-state index contributed by atoms with van der Waals surface area (Å²) in [6.45, 7) is 1.64. The number of fused-ring (bicyclic) bond motifs is 1. The lowest BCUT2D eigenvalue weighted by atomic mass is 9.90. The molecule has 0 amide bonds. The number of carboxylic acid groups (broad SMARTS) is 1. The van der Waals surface area contributed by atoms with Crippen LogP contribution in [0.5, 0.6) is 0 Å². The summed E-state index contributed by atoms with van der Waals surface area (Å²) in [6, 6.07) is 19.6. The van der Waals surface area contributed by atoms with Crippen molar-refractivity contribution in [1.29, 1.82) is 0 Å². The van der Waals surface area contributed by atoms with Gasteiger partial charge >= 0.3 is 5.97 Å². The summed E-state index contributed by atoms with van der Waals surface area (Å²) in [4.78, 5) is 32.3. The Balaban J connectivity index is 1.97. The van der Waals surface area contributed by atoms with Crippen LogP contribution < -0.4 is 5.56 Å². The molecule has 4 rings (SSSR count). The molecule has 0 fully saturated rings. The number of nitrogens with zero attached hydrogens (tertiary/aromatic N) is 1. The van der Waals surface area contributed by atoms with Gasteiger partial charge in [0, 0.05) is 0 Å². The number of H-pyrrole nitrogens is 1. The summed E-state index contributed by atoms with van der Waals surface area (Å²) in [7, 11) is 0. The van der Waals surface area contributed by atoms with E-state index in [1.165, 1.54) is 0 Å². The maximum Gasteiger partial charge on any atom is 0.346 e. The second-order valence-corrected chi connectivity index (χ2v) is 7.25. The lowest BCUT2D eigenvalue weighted by Crippen LogP contribution is -2.16. The van der Waals surface area contributed by atoms with Gasteiger partial charge < -0.3 is 10.1 Å². The van der Waals surface area contributed by atoms with E-state index < -0.39 is 5.97 Å². The third kappa shape index (κ3) is 3.04. The first-order chi connectivity index (χ1) is 13.1. The molecule has 0 saturated heterocycles. The largest absolute Gasteiger partial charge is 0.477 e. The number of hydrogen-bond acceptors (Lipinski definition) is 4. The second kappa shape index (κ2) is 6.81.